The van der Waals surface area contributed by atoms with Gasteiger partial charge in [-0.25, -0.2) is 0 Å². The van der Waals surface area contributed by atoms with Crippen LogP contribution in [-0.2, 0) is 4.74 Å². The van der Waals surface area contributed by atoms with Gasteiger partial charge in [0.15, 0.2) is 0 Å². The predicted octanol–water partition coefficient (Wildman–Crippen LogP) is 1.49. The number of likely N-dealkylation sites (tertiary alicyclic amines) is 1. The Kier molecular flexibility index (Phi) is 7.88. The second-order valence-electron chi connectivity index (χ2n) is 4.26. The molecule has 0 bridgehead atoms. The van der Waals surface area contributed by atoms with Crippen molar-refractivity contribution in [3.63, 3.8) is 0 Å². The van der Waals surface area contributed by atoms with Crippen molar-refractivity contribution in [2.75, 3.05) is 45.9 Å². The molecule has 1 rings (SSSR count). The van der Waals surface area contributed by atoms with E-state index in [1.807, 2.05) is 0 Å². The van der Waals surface area contributed by atoms with Crippen molar-refractivity contribution in [1.82, 2.24) is 10.2 Å². The van der Waals surface area contributed by atoms with E-state index >= 15 is 0 Å². The number of nitrogens with one attached hydrogen (secondary N) is 1. The van der Waals surface area contributed by atoms with Crippen LogP contribution in [0.5, 0.6) is 0 Å². The number of piperidine rings is 1. The van der Waals surface area contributed by atoms with Gasteiger partial charge in [-0.1, -0.05) is 13.3 Å². The Morgan fingerprint density at radius 2 is 1.87 bits per heavy atom. The molecule has 0 radical (unpaired) electrons. The van der Waals surface area contributed by atoms with E-state index in [-0.39, 0.29) is 0 Å². The Balaban J connectivity index is 1.79. The molecule has 90 valence electrons. The average molecular weight is 214 g/mol. The Morgan fingerprint density at radius 1 is 1.07 bits per heavy atom. The Hall–Kier alpha value is -0.120. The fourth-order valence-corrected chi connectivity index (χ4v) is 1.94. The third-order valence-corrected chi connectivity index (χ3v) is 2.83. The summed E-state index contributed by atoms with van der Waals surface area (Å²) in [5.41, 5.74) is 0. The number of rotatable bonds is 8. The van der Waals surface area contributed by atoms with Crippen LogP contribution in [0.1, 0.15) is 32.6 Å². The normalized spacial score (nSPS) is 18.2. The van der Waals surface area contributed by atoms with Gasteiger partial charge in [0, 0.05) is 26.2 Å². The quantitative estimate of drug-likeness (QED) is 0.620. The van der Waals surface area contributed by atoms with Crippen LogP contribution in [0.15, 0.2) is 0 Å². The fourth-order valence-electron chi connectivity index (χ4n) is 1.94. The zero-order valence-electron chi connectivity index (χ0n) is 10.1. The molecular weight excluding hydrogens is 188 g/mol. The van der Waals surface area contributed by atoms with Crippen molar-refractivity contribution < 1.29 is 4.74 Å². The minimum Gasteiger partial charge on any atom is -0.380 e. The number of hydrogen-bond donors (Lipinski definition) is 1. The minimum atomic E-state index is 0.855. The lowest BCUT2D eigenvalue weighted by Crippen LogP contribution is -2.36. The molecule has 0 aromatic heterocycles. The third kappa shape index (κ3) is 6.88. The zero-order chi connectivity index (χ0) is 10.8. The molecule has 1 fully saturated rings. The summed E-state index contributed by atoms with van der Waals surface area (Å²) in [6.07, 6.45) is 5.32. The van der Waals surface area contributed by atoms with Gasteiger partial charge in [0.2, 0.25) is 0 Å². The van der Waals surface area contributed by atoms with Crippen LogP contribution in [0.25, 0.3) is 0 Å². The van der Waals surface area contributed by atoms with Crippen LogP contribution in [0.2, 0.25) is 0 Å². The second kappa shape index (κ2) is 9.13. The van der Waals surface area contributed by atoms with E-state index in [1.54, 1.807) is 0 Å². The van der Waals surface area contributed by atoms with E-state index < -0.39 is 0 Å². The summed E-state index contributed by atoms with van der Waals surface area (Å²) in [4.78, 5) is 2.56. The summed E-state index contributed by atoms with van der Waals surface area (Å²) in [6.45, 7) is 9.80. The molecule has 0 aromatic carbocycles. The first-order valence-electron chi connectivity index (χ1n) is 6.44. The Bertz CT molecular complexity index is 136. The maximum Gasteiger partial charge on any atom is 0.0590 e. The van der Waals surface area contributed by atoms with Crippen molar-refractivity contribution >= 4 is 0 Å². The largest absolute Gasteiger partial charge is 0.380 e. The highest BCUT2D eigenvalue weighted by molar-refractivity contribution is 4.65. The maximum atomic E-state index is 5.40. The van der Waals surface area contributed by atoms with Gasteiger partial charge in [0.1, 0.15) is 0 Å². The van der Waals surface area contributed by atoms with E-state index in [9.17, 15) is 0 Å². The van der Waals surface area contributed by atoms with E-state index in [4.69, 9.17) is 4.74 Å². The van der Waals surface area contributed by atoms with E-state index in [0.29, 0.717) is 0 Å². The predicted molar refractivity (Wildman–Crippen MR) is 64.3 cm³/mol. The zero-order valence-corrected chi connectivity index (χ0v) is 10.1. The standard InChI is InChI=1S/C12H26N2O/c1-2-11-15-12-7-13-6-10-14-8-4-3-5-9-14/h13H,2-12H2,1H3. The maximum absolute atomic E-state index is 5.40. The van der Waals surface area contributed by atoms with Gasteiger partial charge in [0.05, 0.1) is 6.61 Å². The molecule has 0 aliphatic carbocycles. The van der Waals surface area contributed by atoms with Gasteiger partial charge in [-0.15, -0.1) is 0 Å². The summed E-state index contributed by atoms with van der Waals surface area (Å²) in [7, 11) is 0. The van der Waals surface area contributed by atoms with Crippen LogP contribution >= 0.6 is 0 Å². The van der Waals surface area contributed by atoms with Crippen molar-refractivity contribution in [3.05, 3.63) is 0 Å². The lowest BCUT2D eigenvalue weighted by atomic mass is 10.1. The van der Waals surface area contributed by atoms with Crippen molar-refractivity contribution in [2.45, 2.75) is 32.6 Å². The molecule has 15 heavy (non-hydrogen) atoms. The molecular formula is C12H26N2O. The highest BCUT2D eigenvalue weighted by Gasteiger charge is 2.08. The molecule has 0 aromatic rings. The van der Waals surface area contributed by atoms with Crippen molar-refractivity contribution in [3.8, 4) is 0 Å². The summed E-state index contributed by atoms with van der Waals surface area (Å²) >= 11 is 0. The van der Waals surface area contributed by atoms with Crippen LogP contribution in [-0.4, -0.2) is 50.8 Å². The molecule has 0 unspecified atom stereocenters. The smallest absolute Gasteiger partial charge is 0.0590 e. The first-order valence-corrected chi connectivity index (χ1v) is 6.44. The summed E-state index contributed by atoms with van der Waals surface area (Å²) in [6, 6.07) is 0. The van der Waals surface area contributed by atoms with Crippen molar-refractivity contribution in [1.29, 1.82) is 0 Å². The Labute approximate surface area is 94.2 Å². The van der Waals surface area contributed by atoms with Gasteiger partial charge in [-0.2, -0.15) is 0 Å². The topological polar surface area (TPSA) is 24.5 Å². The molecule has 3 nitrogen and oxygen atoms in total. The lowest BCUT2D eigenvalue weighted by Gasteiger charge is -2.26. The minimum absolute atomic E-state index is 0.855. The van der Waals surface area contributed by atoms with Crippen LogP contribution in [0.3, 0.4) is 0 Å². The summed E-state index contributed by atoms with van der Waals surface area (Å²) in [5.74, 6) is 0. The van der Waals surface area contributed by atoms with Crippen LogP contribution in [0, 0.1) is 0 Å². The van der Waals surface area contributed by atoms with Gasteiger partial charge < -0.3 is 15.0 Å². The number of hydrogen-bond acceptors (Lipinski definition) is 3. The molecule has 0 atom stereocenters. The monoisotopic (exact) mass is 214 g/mol. The first-order chi connectivity index (χ1) is 7.43. The second-order valence-corrected chi connectivity index (χ2v) is 4.26. The molecule has 0 saturated carbocycles. The van der Waals surface area contributed by atoms with Crippen LogP contribution < -0.4 is 5.32 Å². The summed E-state index contributed by atoms with van der Waals surface area (Å²) < 4.78 is 5.40. The molecule has 0 amide bonds. The van der Waals surface area contributed by atoms with Crippen molar-refractivity contribution in [2.24, 2.45) is 0 Å². The number of nitrogens with zero attached hydrogens (tertiary/aromatic N) is 1. The molecule has 1 saturated heterocycles. The molecule has 1 N–H and O–H groups in total. The molecule has 3 heteroatoms. The van der Waals surface area contributed by atoms with Gasteiger partial charge in [-0.3, -0.25) is 0 Å². The SMILES string of the molecule is CCCOCCNCCN1CCCCC1. The first kappa shape index (κ1) is 12.9. The highest BCUT2D eigenvalue weighted by Crippen LogP contribution is 2.06. The van der Waals surface area contributed by atoms with E-state index in [2.05, 4.69) is 17.1 Å². The highest BCUT2D eigenvalue weighted by atomic mass is 16.5. The number of ether oxygens (including phenoxy) is 1. The van der Waals surface area contributed by atoms with E-state index in [1.165, 1.54) is 38.9 Å². The average Bonchev–Trinajstić information content (AvgIpc) is 2.29. The van der Waals surface area contributed by atoms with Gasteiger partial charge in [-0.05, 0) is 32.4 Å². The molecule has 1 aliphatic heterocycles. The molecule has 0 spiro atoms. The van der Waals surface area contributed by atoms with Crippen LogP contribution in [0.4, 0.5) is 0 Å². The van der Waals surface area contributed by atoms with Gasteiger partial charge >= 0.3 is 0 Å². The van der Waals surface area contributed by atoms with Gasteiger partial charge in [0.25, 0.3) is 0 Å². The Morgan fingerprint density at radius 3 is 2.60 bits per heavy atom. The fraction of sp³-hybridized carbons (Fsp3) is 1.00. The summed E-state index contributed by atoms with van der Waals surface area (Å²) in [5, 5.41) is 3.42. The molecule has 1 aliphatic rings. The van der Waals surface area contributed by atoms with E-state index in [0.717, 1.165) is 32.7 Å². The lowest BCUT2D eigenvalue weighted by molar-refractivity contribution is 0.135. The third-order valence-electron chi connectivity index (χ3n) is 2.83. The molecule has 1 heterocycles.